The van der Waals surface area contributed by atoms with Gasteiger partial charge < -0.3 is 10.6 Å². The van der Waals surface area contributed by atoms with Crippen LogP contribution in [-0.4, -0.2) is 24.0 Å². The molecule has 0 bridgehead atoms. The number of hydrogen-bond donors (Lipinski definition) is 2. The van der Waals surface area contributed by atoms with Gasteiger partial charge in [-0.05, 0) is 30.9 Å². The van der Waals surface area contributed by atoms with Crippen LogP contribution in [0.2, 0.25) is 0 Å². The summed E-state index contributed by atoms with van der Waals surface area (Å²) in [6.45, 7) is 11.8. The van der Waals surface area contributed by atoms with Gasteiger partial charge in [-0.1, -0.05) is 27.7 Å². The quantitative estimate of drug-likeness (QED) is 0.829. The summed E-state index contributed by atoms with van der Waals surface area (Å²) >= 11 is 0. The molecule has 0 saturated heterocycles. The first kappa shape index (κ1) is 15.5. The minimum absolute atomic E-state index is 0.0304. The first-order valence-corrected chi connectivity index (χ1v) is 6.98. The number of carbonyl (C=O) groups is 1. The number of carbonyl (C=O) groups excluding carboxylic acids is 1. The van der Waals surface area contributed by atoms with Gasteiger partial charge in [-0.25, -0.2) is 4.98 Å². The molecule has 1 rings (SSSR count). The van der Waals surface area contributed by atoms with Gasteiger partial charge in [-0.15, -0.1) is 0 Å². The number of anilines is 1. The van der Waals surface area contributed by atoms with Crippen LogP contribution in [-0.2, 0) is 0 Å². The van der Waals surface area contributed by atoms with E-state index in [9.17, 15) is 4.79 Å². The fourth-order valence-electron chi connectivity index (χ4n) is 1.65. The van der Waals surface area contributed by atoms with E-state index in [4.69, 9.17) is 0 Å². The molecular formula is C15H25N3O. The lowest BCUT2D eigenvalue weighted by Gasteiger charge is -2.12. The van der Waals surface area contributed by atoms with E-state index in [0.29, 0.717) is 23.9 Å². The Bertz CT molecular complexity index is 427. The molecule has 106 valence electrons. The molecule has 0 saturated carbocycles. The van der Waals surface area contributed by atoms with Gasteiger partial charge in [0.2, 0.25) is 0 Å². The molecule has 0 aliphatic carbocycles. The van der Waals surface area contributed by atoms with Crippen molar-refractivity contribution < 1.29 is 4.79 Å². The standard InChI is InChI=1S/C15H25N3O/c1-6-16-14-8-12(7-13(18-14)11(4)5)15(19)17-9-10(2)3/h7-8,10-11H,6,9H2,1-5H3,(H,16,18)(H,17,19). The fourth-order valence-corrected chi connectivity index (χ4v) is 1.65. The van der Waals surface area contributed by atoms with Crippen molar-refractivity contribution >= 4 is 11.7 Å². The van der Waals surface area contributed by atoms with E-state index >= 15 is 0 Å². The highest BCUT2D eigenvalue weighted by Crippen LogP contribution is 2.17. The van der Waals surface area contributed by atoms with E-state index < -0.39 is 0 Å². The average Bonchev–Trinajstić information content (AvgIpc) is 2.35. The molecule has 0 fully saturated rings. The minimum Gasteiger partial charge on any atom is -0.370 e. The Balaban J connectivity index is 2.95. The van der Waals surface area contributed by atoms with Crippen LogP contribution in [0.4, 0.5) is 5.82 Å². The Hall–Kier alpha value is -1.58. The van der Waals surface area contributed by atoms with Crippen molar-refractivity contribution in [3.05, 3.63) is 23.4 Å². The largest absolute Gasteiger partial charge is 0.370 e. The molecule has 1 amide bonds. The fraction of sp³-hybridized carbons (Fsp3) is 0.600. The van der Waals surface area contributed by atoms with Gasteiger partial charge in [0.1, 0.15) is 5.82 Å². The summed E-state index contributed by atoms with van der Waals surface area (Å²) in [4.78, 5) is 16.6. The third-order valence-corrected chi connectivity index (χ3v) is 2.73. The first-order valence-electron chi connectivity index (χ1n) is 6.98. The summed E-state index contributed by atoms with van der Waals surface area (Å²) in [5, 5.41) is 6.11. The Morgan fingerprint density at radius 2 is 1.95 bits per heavy atom. The predicted molar refractivity (Wildman–Crippen MR) is 79.7 cm³/mol. The molecule has 4 nitrogen and oxygen atoms in total. The van der Waals surface area contributed by atoms with Crippen molar-refractivity contribution in [2.75, 3.05) is 18.4 Å². The van der Waals surface area contributed by atoms with Gasteiger partial charge in [0.05, 0.1) is 0 Å². The van der Waals surface area contributed by atoms with E-state index in [1.165, 1.54) is 0 Å². The molecule has 0 atom stereocenters. The molecule has 4 heteroatoms. The molecule has 2 N–H and O–H groups in total. The van der Waals surface area contributed by atoms with Gasteiger partial charge in [0.15, 0.2) is 0 Å². The maximum Gasteiger partial charge on any atom is 0.251 e. The van der Waals surface area contributed by atoms with Gasteiger partial charge >= 0.3 is 0 Å². The van der Waals surface area contributed by atoms with Crippen molar-refractivity contribution in [1.29, 1.82) is 0 Å². The number of aromatic nitrogens is 1. The van der Waals surface area contributed by atoms with Crippen LogP contribution in [0.25, 0.3) is 0 Å². The molecule has 1 aromatic rings. The van der Waals surface area contributed by atoms with E-state index in [1.807, 2.05) is 19.1 Å². The molecular weight excluding hydrogens is 238 g/mol. The van der Waals surface area contributed by atoms with Gasteiger partial charge in [-0.3, -0.25) is 4.79 Å². The molecule has 0 aromatic carbocycles. The van der Waals surface area contributed by atoms with Crippen molar-refractivity contribution in [3.63, 3.8) is 0 Å². The van der Waals surface area contributed by atoms with Gasteiger partial charge in [0.25, 0.3) is 5.91 Å². The van der Waals surface area contributed by atoms with E-state index in [-0.39, 0.29) is 5.91 Å². The maximum absolute atomic E-state index is 12.1. The Morgan fingerprint density at radius 1 is 1.26 bits per heavy atom. The Morgan fingerprint density at radius 3 is 2.47 bits per heavy atom. The maximum atomic E-state index is 12.1. The predicted octanol–water partition coefficient (Wildman–Crippen LogP) is 3.02. The number of hydrogen-bond acceptors (Lipinski definition) is 3. The first-order chi connectivity index (χ1) is 8.93. The lowest BCUT2D eigenvalue weighted by molar-refractivity contribution is 0.0949. The van der Waals surface area contributed by atoms with Crippen molar-refractivity contribution in [1.82, 2.24) is 10.3 Å². The monoisotopic (exact) mass is 263 g/mol. The second kappa shape index (κ2) is 7.12. The lowest BCUT2D eigenvalue weighted by Crippen LogP contribution is -2.27. The van der Waals surface area contributed by atoms with Crippen LogP contribution >= 0.6 is 0 Å². The molecule has 0 aliphatic heterocycles. The smallest absolute Gasteiger partial charge is 0.251 e. The number of nitrogens with zero attached hydrogens (tertiary/aromatic N) is 1. The lowest BCUT2D eigenvalue weighted by atomic mass is 10.1. The molecule has 0 unspecified atom stereocenters. The average molecular weight is 263 g/mol. The summed E-state index contributed by atoms with van der Waals surface area (Å²) in [6.07, 6.45) is 0. The minimum atomic E-state index is -0.0304. The number of nitrogens with one attached hydrogen (secondary N) is 2. The van der Waals surface area contributed by atoms with Crippen molar-refractivity contribution in [2.24, 2.45) is 5.92 Å². The summed E-state index contributed by atoms with van der Waals surface area (Å²) in [6, 6.07) is 3.69. The molecule has 0 radical (unpaired) electrons. The highest BCUT2D eigenvalue weighted by atomic mass is 16.1. The molecule has 1 heterocycles. The summed E-state index contributed by atoms with van der Waals surface area (Å²) in [7, 11) is 0. The van der Waals surface area contributed by atoms with Gasteiger partial charge in [-0.2, -0.15) is 0 Å². The molecule has 0 spiro atoms. The van der Waals surface area contributed by atoms with E-state index in [2.05, 4.69) is 43.3 Å². The normalized spacial score (nSPS) is 10.9. The number of pyridine rings is 1. The summed E-state index contributed by atoms with van der Waals surface area (Å²) in [5.74, 6) is 1.49. The third kappa shape index (κ3) is 4.89. The zero-order chi connectivity index (χ0) is 14.4. The Labute approximate surface area is 116 Å². The number of rotatable bonds is 6. The number of amides is 1. The SMILES string of the molecule is CCNc1cc(C(=O)NCC(C)C)cc(C(C)C)n1. The van der Waals surface area contributed by atoms with E-state index in [0.717, 1.165) is 18.1 Å². The highest BCUT2D eigenvalue weighted by Gasteiger charge is 2.11. The van der Waals surface area contributed by atoms with Crippen LogP contribution in [0.1, 0.15) is 56.6 Å². The van der Waals surface area contributed by atoms with Crippen molar-refractivity contribution in [2.45, 2.75) is 40.5 Å². The highest BCUT2D eigenvalue weighted by molar-refractivity contribution is 5.95. The van der Waals surface area contributed by atoms with Crippen molar-refractivity contribution in [3.8, 4) is 0 Å². The zero-order valence-corrected chi connectivity index (χ0v) is 12.6. The summed E-state index contributed by atoms with van der Waals surface area (Å²) in [5.41, 5.74) is 1.61. The molecule has 0 aliphatic rings. The second-order valence-electron chi connectivity index (χ2n) is 5.45. The second-order valence-corrected chi connectivity index (χ2v) is 5.45. The molecule has 19 heavy (non-hydrogen) atoms. The topological polar surface area (TPSA) is 54.0 Å². The Kier molecular flexibility index (Phi) is 5.80. The van der Waals surface area contributed by atoms with E-state index in [1.54, 1.807) is 0 Å². The zero-order valence-electron chi connectivity index (χ0n) is 12.6. The third-order valence-electron chi connectivity index (χ3n) is 2.73. The molecule has 1 aromatic heterocycles. The van der Waals surface area contributed by atoms with Crippen LogP contribution in [0.5, 0.6) is 0 Å². The van der Waals surface area contributed by atoms with Crippen LogP contribution in [0.15, 0.2) is 12.1 Å². The van der Waals surface area contributed by atoms with Crippen LogP contribution in [0.3, 0.4) is 0 Å². The van der Waals surface area contributed by atoms with Gasteiger partial charge in [0, 0.05) is 24.3 Å². The summed E-state index contributed by atoms with van der Waals surface area (Å²) < 4.78 is 0. The van der Waals surface area contributed by atoms with Crippen LogP contribution < -0.4 is 10.6 Å². The van der Waals surface area contributed by atoms with Crippen LogP contribution in [0, 0.1) is 5.92 Å².